The van der Waals surface area contributed by atoms with Crippen molar-refractivity contribution < 1.29 is 4.79 Å². The van der Waals surface area contributed by atoms with Crippen molar-refractivity contribution in [3.63, 3.8) is 0 Å². The van der Waals surface area contributed by atoms with E-state index in [2.05, 4.69) is 17.4 Å². The molecule has 1 N–H and O–H groups in total. The molecule has 0 unspecified atom stereocenters. The van der Waals surface area contributed by atoms with Crippen LogP contribution in [0.4, 0.5) is 0 Å². The molecule has 1 atom stereocenters. The summed E-state index contributed by atoms with van der Waals surface area (Å²) >= 11 is 6.46. The van der Waals surface area contributed by atoms with Crippen molar-refractivity contribution in [1.82, 2.24) is 19.9 Å². The molecular weight excluding hydrogens is 456 g/mol. The Balaban J connectivity index is 1.50. The zero-order valence-electron chi connectivity index (χ0n) is 19.4. The summed E-state index contributed by atoms with van der Waals surface area (Å²) in [7, 11) is 0. The third-order valence-corrected chi connectivity index (χ3v) is 6.30. The molecule has 5 nitrogen and oxygen atoms in total. The summed E-state index contributed by atoms with van der Waals surface area (Å²) in [5, 5.41) is 8.44. The molecule has 0 saturated carbocycles. The Morgan fingerprint density at radius 1 is 0.914 bits per heavy atom. The minimum Gasteiger partial charge on any atom is -0.348 e. The highest BCUT2D eigenvalue weighted by atomic mass is 35.5. The van der Waals surface area contributed by atoms with E-state index in [0.717, 1.165) is 29.7 Å². The van der Waals surface area contributed by atoms with E-state index < -0.39 is 0 Å². The van der Waals surface area contributed by atoms with Crippen LogP contribution in [-0.2, 0) is 6.42 Å². The predicted octanol–water partition coefficient (Wildman–Crippen LogP) is 6.47. The zero-order valence-corrected chi connectivity index (χ0v) is 20.1. The average molecular weight is 481 g/mol. The fourth-order valence-electron chi connectivity index (χ4n) is 4.09. The number of aryl methyl sites for hydroxylation is 1. The van der Waals surface area contributed by atoms with E-state index >= 15 is 0 Å². The van der Waals surface area contributed by atoms with Crippen molar-refractivity contribution in [3.8, 4) is 22.5 Å². The lowest BCUT2D eigenvalue weighted by Gasteiger charge is -2.15. The fourth-order valence-corrected chi connectivity index (χ4v) is 4.32. The van der Waals surface area contributed by atoms with Crippen molar-refractivity contribution >= 4 is 23.2 Å². The quantitative estimate of drug-likeness (QED) is 0.290. The van der Waals surface area contributed by atoms with Gasteiger partial charge in [0, 0.05) is 28.3 Å². The van der Waals surface area contributed by atoms with Crippen LogP contribution in [-0.4, -0.2) is 26.5 Å². The second-order valence-electron chi connectivity index (χ2n) is 8.57. The van der Waals surface area contributed by atoms with Gasteiger partial charge in [-0.2, -0.15) is 5.10 Å². The Labute approximate surface area is 209 Å². The molecule has 2 aromatic heterocycles. The van der Waals surface area contributed by atoms with Gasteiger partial charge in [-0.15, -0.1) is 0 Å². The summed E-state index contributed by atoms with van der Waals surface area (Å²) in [6.07, 6.45) is 1.72. The number of aromatic nitrogens is 3. The van der Waals surface area contributed by atoms with Gasteiger partial charge in [0.25, 0.3) is 5.91 Å². The predicted molar refractivity (Wildman–Crippen MR) is 141 cm³/mol. The molecule has 1 amide bonds. The van der Waals surface area contributed by atoms with Crippen LogP contribution in [0.25, 0.3) is 28.2 Å². The molecule has 6 heteroatoms. The van der Waals surface area contributed by atoms with Crippen LogP contribution in [0.5, 0.6) is 0 Å². The Bertz CT molecular complexity index is 1460. The maximum absolute atomic E-state index is 13.5. The number of carbonyl (C=O) groups is 1. The topological polar surface area (TPSA) is 59.3 Å². The number of halogens is 1. The molecule has 0 bridgehead atoms. The van der Waals surface area contributed by atoms with E-state index in [1.54, 1.807) is 10.6 Å². The van der Waals surface area contributed by atoms with Crippen molar-refractivity contribution in [2.75, 3.05) is 0 Å². The Morgan fingerprint density at radius 3 is 2.34 bits per heavy atom. The lowest BCUT2D eigenvalue weighted by Crippen LogP contribution is -2.34. The second-order valence-corrected chi connectivity index (χ2v) is 8.98. The molecule has 0 fully saturated rings. The van der Waals surface area contributed by atoms with Gasteiger partial charge in [-0.3, -0.25) is 4.79 Å². The molecule has 5 rings (SSSR count). The van der Waals surface area contributed by atoms with Crippen molar-refractivity contribution in [2.24, 2.45) is 0 Å². The van der Waals surface area contributed by atoms with Crippen LogP contribution in [0.2, 0.25) is 5.02 Å². The van der Waals surface area contributed by atoms with E-state index in [0.29, 0.717) is 22.1 Å². The van der Waals surface area contributed by atoms with Gasteiger partial charge in [-0.25, -0.2) is 9.50 Å². The van der Waals surface area contributed by atoms with Gasteiger partial charge >= 0.3 is 0 Å². The lowest BCUT2D eigenvalue weighted by atomic mass is 10.1. The van der Waals surface area contributed by atoms with Gasteiger partial charge in [-0.05, 0) is 37.5 Å². The van der Waals surface area contributed by atoms with E-state index in [9.17, 15) is 4.79 Å². The smallest absolute Gasteiger partial charge is 0.270 e. The van der Waals surface area contributed by atoms with Crippen LogP contribution in [0.15, 0.2) is 97.1 Å². The van der Waals surface area contributed by atoms with Gasteiger partial charge in [-0.1, -0.05) is 90.5 Å². The second kappa shape index (κ2) is 10.1. The van der Waals surface area contributed by atoms with Gasteiger partial charge in [0.15, 0.2) is 5.65 Å². The summed E-state index contributed by atoms with van der Waals surface area (Å²) in [5.74, 6) is -0.200. The number of benzene rings is 3. The molecule has 174 valence electrons. The summed E-state index contributed by atoms with van der Waals surface area (Å²) in [4.78, 5) is 18.2. The molecule has 0 spiro atoms. The highest BCUT2D eigenvalue weighted by Crippen LogP contribution is 2.28. The minimum absolute atomic E-state index is 0.0150. The number of carbonyl (C=O) groups excluding carboxylic acids is 1. The third-order valence-electron chi connectivity index (χ3n) is 5.97. The number of rotatable bonds is 7. The van der Waals surface area contributed by atoms with E-state index in [4.69, 9.17) is 21.7 Å². The van der Waals surface area contributed by atoms with Gasteiger partial charge in [0.05, 0.1) is 11.4 Å². The number of nitrogens with zero attached hydrogens (tertiary/aromatic N) is 3. The third kappa shape index (κ3) is 5.10. The molecule has 0 aliphatic carbocycles. The molecule has 0 saturated heterocycles. The number of amides is 1. The molecular formula is C29H25ClN4O. The highest BCUT2D eigenvalue weighted by molar-refractivity contribution is 6.33. The van der Waals surface area contributed by atoms with Gasteiger partial charge in [0.1, 0.15) is 5.69 Å². The van der Waals surface area contributed by atoms with E-state index in [-0.39, 0.29) is 11.9 Å². The van der Waals surface area contributed by atoms with Gasteiger partial charge < -0.3 is 5.32 Å². The highest BCUT2D eigenvalue weighted by Gasteiger charge is 2.19. The Kier molecular flexibility index (Phi) is 6.59. The summed E-state index contributed by atoms with van der Waals surface area (Å²) < 4.78 is 1.61. The zero-order chi connectivity index (χ0) is 24.2. The number of fused-ring (bicyclic) bond motifs is 1. The first-order valence-electron chi connectivity index (χ1n) is 11.6. The molecule has 0 aliphatic heterocycles. The maximum atomic E-state index is 13.5. The molecule has 2 heterocycles. The number of hydrogen-bond donors (Lipinski definition) is 1. The van der Waals surface area contributed by atoms with Crippen LogP contribution in [0.3, 0.4) is 0 Å². The van der Waals surface area contributed by atoms with Crippen LogP contribution in [0.1, 0.15) is 29.4 Å². The van der Waals surface area contributed by atoms with Crippen LogP contribution >= 0.6 is 11.6 Å². The molecule has 5 aromatic rings. The van der Waals surface area contributed by atoms with Gasteiger partial charge in [0.2, 0.25) is 0 Å². The number of nitrogens with one attached hydrogen (secondary N) is 1. The molecule has 3 aromatic carbocycles. The van der Waals surface area contributed by atoms with Crippen molar-refractivity contribution in [2.45, 2.75) is 25.8 Å². The number of hydrogen-bond acceptors (Lipinski definition) is 3. The normalized spacial score (nSPS) is 11.9. The average Bonchev–Trinajstić information content (AvgIpc) is 3.32. The molecule has 0 radical (unpaired) electrons. The van der Waals surface area contributed by atoms with E-state index in [1.807, 2.05) is 85.8 Å². The maximum Gasteiger partial charge on any atom is 0.270 e. The summed E-state index contributed by atoms with van der Waals surface area (Å²) in [6, 6.07) is 31.3. The molecule has 0 aliphatic rings. The largest absolute Gasteiger partial charge is 0.348 e. The Morgan fingerprint density at radius 2 is 1.60 bits per heavy atom. The van der Waals surface area contributed by atoms with E-state index in [1.165, 1.54) is 5.56 Å². The first kappa shape index (κ1) is 22.8. The summed E-state index contributed by atoms with van der Waals surface area (Å²) in [6.45, 7) is 2.02. The Hall–Kier alpha value is -3.96. The SMILES string of the molecule is C[C@@H](CCc1ccccc1)NC(=O)c1cc(-c2ccccc2Cl)nc2cc(-c3ccccc3)nn12. The first-order chi connectivity index (χ1) is 17.1. The van der Waals surface area contributed by atoms with Crippen LogP contribution in [0, 0.1) is 0 Å². The standard InChI is InChI=1S/C29H25ClN4O/c1-20(16-17-21-10-4-2-5-11-21)31-29(35)27-18-26(23-14-8-9-15-24(23)30)32-28-19-25(33-34(27)28)22-12-6-3-7-13-22/h2-15,18-20H,16-17H2,1H3,(H,31,35)/t20-/m0/s1. The summed E-state index contributed by atoms with van der Waals surface area (Å²) in [5.41, 5.74) is 5.36. The monoisotopic (exact) mass is 480 g/mol. The first-order valence-corrected chi connectivity index (χ1v) is 12.0. The van der Waals surface area contributed by atoms with Crippen molar-refractivity contribution in [3.05, 3.63) is 113 Å². The van der Waals surface area contributed by atoms with Crippen molar-refractivity contribution in [1.29, 1.82) is 0 Å². The minimum atomic E-state index is -0.200. The lowest BCUT2D eigenvalue weighted by molar-refractivity contribution is 0.0931. The van der Waals surface area contributed by atoms with Crippen LogP contribution < -0.4 is 5.32 Å². The fraction of sp³-hybridized carbons (Fsp3) is 0.138. The molecule has 35 heavy (non-hydrogen) atoms.